The Morgan fingerprint density at radius 1 is 0.778 bits per heavy atom. The van der Waals surface area contributed by atoms with E-state index in [1.165, 1.54) is 33.4 Å². The molecule has 0 aliphatic heterocycles. The molecule has 4 nitrogen and oxygen atoms in total. The molecule has 1 heterocycles. The molecule has 0 radical (unpaired) electrons. The molecule has 0 saturated heterocycles. The first kappa shape index (κ1) is 20.9. The van der Waals surface area contributed by atoms with Crippen molar-refractivity contribution in [2.24, 2.45) is 0 Å². The Bertz CT molecular complexity index is 1710. The van der Waals surface area contributed by atoms with E-state index in [0.717, 1.165) is 23.5 Å². The maximum absolute atomic E-state index is 12.1. The first-order valence-electron chi connectivity index (χ1n) is 12.5. The Morgan fingerprint density at radius 3 is 2.28 bits per heavy atom. The maximum Gasteiger partial charge on any atom is 0.293 e. The van der Waals surface area contributed by atoms with Crippen molar-refractivity contribution < 1.29 is 4.92 Å². The summed E-state index contributed by atoms with van der Waals surface area (Å²) in [6, 6.07) is 28.2. The van der Waals surface area contributed by atoms with E-state index in [1.807, 2.05) is 18.2 Å². The number of allylic oxidation sites excluding steroid dienone is 4. The molecule has 7 rings (SSSR count). The van der Waals surface area contributed by atoms with Crippen molar-refractivity contribution in [3.63, 3.8) is 0 Å². The number of hydrogen-bond donors (Lipinski definition) is 0. The smallest absolute Gasteiger partial charge is 0.293 e. The van der Waals surface area contributed by atoms with Crippen LogP contribution < -0.4 is 10.7 Å². The number of rotatable bonds is 4. The van der Waals surface area contributed by atoms with Crippen LogP contribution in [0, 0.1) is 10.1 Å². The van der Waals surface area contributed by atoms with Crippen LogP contribution in [0.1, 0.15) is 46.9 Å². The van der Waals surface area contributed by atoms with Gasteiger partial charge in [-0.05, 0) is 52.8 Å². The summed E-state index contributed by atoms with van der Waals surface area (Å²) in [6.45, 7) is 0. The number of nitrogens with zero attached hydrogens (tertiary/aromatic N) is 2. The third-order valence-corrected chi connectivity index (χ3v) is 7.67. The van der Waals surface area contributed by atoms with Crippen LogP contribution in [0.2, 0.25) is 0 Å². The van der Waals surface area contributed by atoms with Crippen LogP contribution in [0.15, 0.2) is 97.1 Å². The Balaban J connectivity index is 1.59. The highest BCUT2D eigenvalue weighted by molar-refractivity contribution is 6.09. The summed E-state index contributed by atoms with van der Waals surface area (Å²) in [5, 5.41) is 14.2. The van der Waals surface area contributed by atoms with E-state index in [-0.39, 0.29) is 22.4 Å². The second kappa shape index (κ2) is 8.06. The summed E-state index contributed by atoms with van der Waals surface area (Å²) in [6.07, 6.45) is 11.4. The zero-order valence-corrected chi connectivity index (χ0v) is 19.7. The predicted octanol–water partition coefficient (Wildman–Crippen LogP) is 6.10. The fourth-order valence-corrected chi connectivity index (χ4v) is 6.16. The molecule has 3 aromatic carbocycles. The molecule has 2 atom stereocenters. The highest BCUT2D eigenvalue weighted by Gasteiger charge is 2.35. The van der Waals surface area contributed by atoms with Crippen molar-refractivity contribution in [2.75, 3.05) is 0 Å². The minimum Gasteiger partial charge on any atom is -0.304 e. The van der Waals surface area contributed by atoms with Gasteiger partial charge in [0.05, 0.1) is 10.3 Å². The van der Waals surface area contributed by atoms with E-state index in [1.54, 1.807) is 12.1 Å². The van der Waals surface area contributed by atoms with Crippen LogP contribution >= 0.6 is 0 Å². The molecule has 3 aliphatic rings. The van der Waals surface area contributed by atoms with Gasteiger partial charge in [0.25, 0.3) is 5.69 Å². The highest BCUT2D eigenvalue weighted by atomic mass is 16.6. The topological polar surface area (TPSA) is 48.1 Å². The lowest BCUT2D eigenvalue weighted by atomic mass is 9.74. The second-order valence-corrected chi connectivity index (χ2v) is 9.66. The normalized spacial score (nSPS) is 19.3. The van der Waals surface area contributed by atoms with E-state index in [4.69, 9.17) is 0 Å². The molecule has 0 fully saturated rings. The van der Waals surface area contributed by atoms with E-state index >= 15 is 0 Å². The largest absolute Gasteiger partial charge is 0.304 e. The maximum atomic E-state index is 12.1. The fourth-order valence-electron chi connectivity index (χ4n) is 6.16. The third-order valence-electron chi connectivity index (χ3n) is 7.67. The van der Waals surface area contributed by atoms with E-state index < -0.39 is 0 Å². The third kappa shape index (κ3) is 3.07. The van der Waals surface area contributed by atoms with Gasteiger partial charge in [0.15, 0.2) is 0 Å². The van der Waals surface area contributed by atoms with Crippen molar-refractivity contribution in [1.82, 2.24) is 4.57 Å². The standard InChI is InChI=1S/C32H24N2O2/c35-34(36)28-16-8-7-15-27(28)33-29-17-9-14-23-18-25(22-12-5-2-6-13-22)26-19-24(21-10-3-1-4-11-21)20-30(33)32(26)31(23)29/h1-8,10-13,15-20,23-24H,9,14H2. The molecule has 0 saturated carbocycles. The molecule has 2 unspecified atom stereocenters. The van der Waals surface area contributed by atoms with Gasteiger partial charge in [0.1, 0.15) is 5.69 Å². The second-order valence-electron chi connectivity index (χ2n) is 9.66. The molecule has 3 aliphatic carbocycles. The van der Waals surface area contributed by atoms with E-state index in [9.17, 15) is 10.1 Å². The first-order chi connectivity index (χ1) is 17.7. The zero-order valence-electron chi connectivity index (χ0n) is 19.7. The Labute approximate surface area is 209 Å². The number of nitro benzene ring substituents is 1. The van der Waals surface area contributed by atoms with Gasteiger partial charge in [-0.3, -0.25) is 10.1 Å². The first-order valence-corrected chi connectivity index (χ1v) is 12.5. The summed E-state index contributed by atoms with van der Waals surface area (Å²) in [7, 11) is 0. The van der Waals surface area contributed by atoms with Crippen LogP contribution in [-0.2, 0) is 0 Å². The van der Waals surface area contributed by atoms with Gasteiger partial charge >= 0.3 is 0 Å². The van der Waals surface area contributed by atoms with Crippen LogP contribution in [0.5, 0.6) is 0 Å². The summed E-state index contributed by atoms with van der Waals surface area (Å²) in [5.41, 5.74) is 8.21. The number of hydrogen-bond acceptors (Lipinski definition) is 2. The monoisotopic (exact) mass is 468 g/mol. The SMILES string of the molecule is O=[N+]([O-])c1ccccc1-n1c2c3c4c1=CCCC4C=C(c1ccccc1)C3=CC(c1ccccc1)C=2. The molecule has 0 spiro atoms. The molecular weight excluding hydrogens is 444 g/mol. The van der Waals surface area contributed by atoms with Crippen molar-refractivity contribution >= 4 is 29.0 Å². The fraction of sp³-hybridized carbons (Fsp3) is 0.125. The van der Waals surface area contributed by atoms with Gasteiger partial charge in [-0.15, -0.1) is 0 Å². The van der Waals surface area contributed by atoms with Crippen LogP contribution in [0.4, 0.5) is 5.69 Å². The van der Waals surface area contributed by atoms with Gasteiger partial charge in [-0.25, -0.2) is 0 Å². The summed E-state index contributed by atoms with van der Waals surface area (Å²) < 4.78 is 2.15. The molecule has 0 N–H and O–H groups in total. The van der Waals surface area contributed by atoms with Gasteiger partial charge < -0.3 is 4.57 Å². The molecule has 0 amide bonds. The van der Waals surface area contributed by atoms with E-state index in [0.29, 0.717) is 5.69 Å². The van der Waals surface area contributed by atoms with Crippen molar-refractivity contribution in [3.8, 4) is 5.69 Å². The van der Waals surface area contributed by atoms with Gasteiger partial charge in [0.2, 0.25) is 0 Å². The van der Waals surface area contributed by atoms with Crippen molar-refractivity contribution in [3.05, 3.63) is 140 Å². The lowest BCUT2D eigenvalue weighted by Gasteiger charge is -2.29. The summed E-state index contributed by atoms with van der Waals surface area (Å²) >= 11 is 0. The highest BCUT2D eigenvalue weighted by Crippen LogP contribution is 2.46. The van der Waals surface area contributed by atoms with Crippen LogP contribution in [0.25, 0.3) is 29.0 Å². The molecule has 174 valence electrons. The minimum absolute atomic E-state index is 0.0650. The Morgan fingerprint density at radius 2 is 1.50 bits per heavy atom. The predicted molar refractivity (Wildman–Crippen MR) is 144 cm³/mol. The van der Waals surface area contributed by atoms with Crippen molar-refractivity contribution in [1.29, 1.82) is 0 Å². The average molecular weight is 469 g/mol. The Hall–Kier alpha value is -4.44. The molecule has 4 aromatic rings. The van der Waals surface area contributed by atoms with Crippen LogP contribution in [0.3, 0.4) is 0 Å². The van der Waals surface area contributed by atoms with Gasteiger partial charge in [-0.1, -0.05) is 91.0 Å². The average Bonchev–Trinajstić information content (AvgIpc) is 3.27. The van der Waals surface area contributed by atoms with Crippen LogP contribution in [-0.4, -0.2) is 9.49 Å². The van der Waals surface area contributed by atoms with Gasteiger partial charge in [0, 0.05) is 28.8 Å². The summed E-state index contributed by atoms with van der Waals surface area (Å²) in [4.78, 5) is 11.8. The summed E-state index contributed by atoms with van der Waals surface area (Å²) in [5.74, 6) is 0.354. The zero-order chi connectivity index (χ0) is 24.2. The minimum atomic E-state index is -0.268. The number of nitro groups is 1. The van der Waals surface area contributed by atoms with E-state index in [2.05, 4.69) is 83.5 Å². The molecular formula is C32H24N2O2. The van der Waals surface area contributed by atoms with Crippen molar-refractivity contribution in [2.45, 2.75) is 24.7 Å². The molecule has 36 heavy (non-hydrogen) atoms. The molecule has 4 heteroatoms. The number of para-hydroxylation sites is 2. The lowest BCUT2D eigenvalue weighted by Crippen LogP contribution is -2.29. The number of benzene rings is 3. The Kier molecular flexibility index (Phi) is 4.68. The number of aromatic nitrogens is 1. The molecule has 0 bridgehead atoms. The quantitative estimate of drug-likeness (QED) is 0.268. The lowest BCUT2D eigenvalue weighted by molar-refractivity contribution is -0.384. The molecule has 1 aromatic heterocycles. The van der Waals surface area contributed by atoms with Gasteiger partial charge in [-0.2, -0.15) is 0 Å².